The number of carboxylic acids is 2. The van der Waals surface area contributed by atoms with Crippen LogP contribution < -0.4 is 10.1 Å². The number of rotatable bonds is 16. The average molecular weight is 393 g/mol. The van der Waals surface area contributed by atoms with Crippen LogP contribution in [0.15, 0.2) is 24.3 Å². The fourth-order valence-corrected chi connectivity index (χ4v) is 2.74. The first-order valence-corrected chi connectivity index (χ1v) is 9.94. The van der Waals surface area contributed by atoms with Crippen LogP contribution in [0.1, 0.15) is 70.6 Å². The first kappa shape index (κ1) is 23.5. The topological polar surface area (TPSA) is 113 Å². The first-order chi connectivity index (χ1) is 13.5. The zero-order valence-corrected chi connectivity index (χ0v) is 16.3. The molecule has 0 saturated carbocycles. The molecule has 7 heteroatoms. The Bertz CT molecular complexity index is 617. The molecule has 1 rings (SSSR count). The van der Waals surface area contributed by atoms with Crippen molar-refractivity contribution in [3.63, 3.8) is 0 Å². The third kappa shape index (κ3) is 11.9. The summed E-state index contributed by atoms with van der Waals surface area (Å²) in [7, 11) is 0. The Kier molecular flexibility index (Phi) is 12.1. The molecule has 1 amide bonds. The Morgan fingerprint density at radius 2 is 1.29 bits per heavy atom. The monoisotopic (exact) mass is 393 g/mol. The fourth-order valence-electron chi connectivity index (χ4n) is 2.74. The number of para-hydroxylation sites is 2. The van der Waals surface area contributed by atoms with E-state index in [1.807, 2.05) is 18.2 Å². The van der Waals surface area contributed by atoms with Crippen molar-refractivity contribution < 1.29 is 29.3 Å². The molecule has 0 aliphatic carbocycles. The quantitative estimate of drug-likeness (QED) is 0.357. The number of ether oxygens (including phenoxy) is 1. The smallest absolute Gasteiger partial charge is 0.303 e. The molecular formula is C21H31NO6. The minimum atomic E-state index is -0.783. The molecule has 0 unspecified atom stereocenters. The van der Waals surface area contributed by atoms with Gasteiger partial charge in [-0.1, -0.05) is 37.8 Å². The third-order valence-corrected chi connectivity index (χ3v) is 4.25. The van der Waals surface area contributed by atoms with Crippen LogP contribution in [-0.4, -0.2) is 34.7 Å². The number of hydrogen-bond acceptors (Lipinski definition) is 4. The molecule has 0 aliphatic heterocycles. The summed E-state index contributed by atoms with van der Waals surface area (Å²) in [5.74, 6) is -0.999. The van der Waals surface area contributed by atoms with Gasteiger partial charge in [0.25, 0.3) is 0 Å². The lowest BCUT2D eigenvalue weighted by molar-refractivity contribution is -0.138. The highest BCUT2D eigenvalue weighted by atomic mass is 16.5. The second-order valence-corrected chi connectivity index (χ2v) is 6.76. The van der Waals surface area contributed by atoms with Gasteiger partial charge in [0.1, 0.15) is 5.75 Å². The van der Waals surface area contributed by atoms with E-state index in [-0.39, 0.29) is 18.7 Å². The van der Waals surface area contributed by atoms with Crippen molar-refractivity contribution in [1.82, 2.24) is 0 Å². The normalized spacial score (nSPS) is 10.4. The van der Waals surface area contributed by atoms with Crippen LogP contribution in [0.3, 0.4) is 0 Å². The molecule has 7 nitrogen and oxygen atoms in total. The van der Waals surface area contributed by atoms with E-state index in [2.05, 4.69) is 5.32 Å². The fraction of sp³-hybridized carbons (Fsp3) is 0.571. The molecule has 0 aliphatic rings. The number of benzene rings is 1. The van der Waals surface area contributed by atoms with Gasteiger partial charge in [-0.2, -0.15) is 0 Å². The Labute approximate surface area is 166 Å². The second-order valence-electron chi connectivity index (χ2n) is 6.76. The summed E-state index contributed by atoms with van der Waals surface area (Å²) in [6, 6.07) is 7.29. The van der Waals surface area contributed by atoms with Gasteiger partial charge < -0.3 is 20.3 Å². The number of anilines is 1. The molecule has 0 aromatic heterocycles. The molecule has 156 valence electrons. The molecule has 0 radical (unpaired) electrons. The summed E-state index contributed by atoms with van der Waals surface area (Å²) < 4.78 is 5.76. The summed E-state index contributed by atoms with van der Waals surface area (Å²) in [6.07, 6.45) is 7.07. The number of carbonyl (C=O) groups excluding carboxylic acids is 1. The van der Waals surface area contributed by atoms with Crippen LogP contribution in [0, 0.1) is 0 Å². The van der Waals surface area contributed by atoms with Crippen molar-refractivity contribution in [3.05, 3.63) is 24.3 Å². The van der Waals surface area contributed by atoms with Crippen molar-refractivity contribution >= 4 is 23.5 Å². The van der Waals surface area contributed by atoms with E-state index in [0.29, 0.717) is 37.3 Å². The molecule has 28 heavy (non-hydrogen) atoms. The molecule has 0 bridgehead atoms. The number of hydrogen-bond donors (Lipinski definition) is 3. The summed E-state index contributed by atoms with van der Waals surface area (Å²) >= 11 is 0. The number of amides is 1. The van der Waals surface area contributed by atoms with Gasteiger partial charge in [0.15, 0.2) is 0 Å². The Balaban J connectivity index is 2.24. The van der Waals surface area contributed by atoms with Crippen molar-refractivity contribution in [2.24, 2.45) is 0 Å². The second kappa shape index (κ2) is 14.5. The highest BCUT2D eigenvalue weighted by molar-refractivity contribution is 5.92. The van der Waals surface area contributed by atoms with Gasteiger partial charge >= 0.3 is 11.9 Å². The number of unbranched alkanes of at least 4 members (excludes halogenated alkanes) is 6. The van der Waals surface area contributed by atoms with Crippen molar-refractivity contribution in [2.75, 3.05) is 11.9 Å². The zero-order valence-electron chi connectivity index (χ0n) is 16.3. The summed E-state index contributed by atoms with van der Waals surface area (Å²) in [5.41, 5.74) is 0.643. The van der Waals surface area contributed by atoms with Gasteiger partial charge in [0, 0.05) is 19.3 Å². The largest absolute Gasteiger partial charge is 0.491 e. The van der Waals surface area contributed by atoms with Crippen LogP contribution in [-0.2, 0) is 14.4 Å². The highest BCUT2D eigenvalue weighted by Crippen LogP contribution is 2.24. The molecule has 0 atom stereocenters. The van der Waals surface area contributed by atoms with E-state index in [1.54, 1.807) is 6.07 Å². The lowest BCUT2D eigenvalue weighted by Crippen LogP contribution is -2.12. The highest BCUT2D eigenvalue weighted by Gasteiger charge is 2.08. The van der Waals surface area contributed by atoms with E-state index in [4.69, 9.17) is 14.9 Å². The summed E-state index contributed by atoms with van der Waals surface area (Å²) in [5, 5.41) is 20.1. The van der Waals surface area contributed by atoms with Crippen LogP contribution in [0.4, 0.5) is 5.69 Å². The zero-order chi connectivity index (χ0) is 20.6. The molecular weight excluding hydrogens is 362 g/mol. The number of carboxylic acid groups (broad SMARTS) is 2. The molecule has 0 saturated heterocycles. The van der Waals surface area contributed by atoms with Crippen molar-refractivity contribution in [3.8, 4) is 5.75 Å². The lowest BCUT2D eigenvalue weighted by atomic mass is 10.1. The Morgan fingerprint density at radius 1 is 0.750 bits per heavy atom. The van der Waals surface area contributed by atoms with Crippen LogP contribution >= 0.6 is 0 Å². The summed E-state index contributed by atoms with van der Waals surface area (Å²) in [4.78, 5) is 33.0. The van der Waals surface area contributed by atoms with Crippen LogP contribution in [0.25, 0.3) is 0 Å². The molecule has 1 aromatic rings. The van der Waals surface area contributed by atoms with Gasteiger partial charge in [-0.05, 0) is 37.8 Å². The van der Waals surface area contributed by atoms with E-state index >= 15 is 0 Å². The maximum atomic E-state index is 12.1. The molecule has 1 aromatic carbocycles. The molecule has 0 heterocycles. The van der Waals surface area contributed by atoms with Gasteiger partial charge in [-0.25, -0.2) is 0 Å². The number of aliphatic carboxylic acids is 2. The van der Waals surface area contributed by atoms with Gasteiger partial charge in [0.2, 0.25) is 5.91 Å². The SMILES string of the molecule is O=C(O)CCCCCCOc1ccccc1NC(=O)CCCCCCC(=O)O. The van der Waals surface area contributed by atoms with Crippen LogP contribution in [0.2, 0.25) is 0 Å². The minimum Gasteiger partial charge on any atom is -0.491 e. The molecule has 0 spiro atoms. The van der Waals surface area contributed by atoms with Crippen LogP contribution in [0.5, 0.6) is 5.75 Å². The van der Waals surface area contributed by atoms with E-state index in [9.17, 15) is 14.4 Å². The average Bonchev–Trinajstić information content (AvgIpc) is 2.64. The van der Waals surface area contributed by atoms with Gasteiger partial charge in [-0.3, -0.25) is 14.4 Å². The minimum absolute atomic E-state index is 0.0806. The number of carbonyl (C=O) groups is 3. The maximum Gasteiger partial charge on any atom is 0.303 e. The standard InChI is InChI=1S/C21H31NO6/c23-19(13-5-1-2-6-14-20(24)25)22-17-11-8-9-12-18(17)28-16-10-4-3-7-15-21(26)27/h8-9,11-12H,1-7,10,13-16H2,(H,22,23)(H,24,25)(H,26,27). The predicted octanol–water partition coefficient (Wildman–Crippen LogP) is 4.46. The molecule has 0 fully saturated rings. The predicted molar refractivity (Wildman–Crippen MR) is 107 cm³/mol. The van der Waals surface area contributed by atoms with Gasteiger partial charge in [-0.15, -0.1) is 0 Å². The van der Waals surface area contributed by atoms with E-state index in [0.717, 1.165) is 38.5 Å². The maximum absolute atomic E-state index is 12.1. The number of nitrogens with one attached hydrogen (secondary N) is 1. The Morgan fingerprint density at radius 3 is 1.89 bits per heavy atom. The Hall–Kier alpha value is -2.57. The molecule has 3 N–H and O–H groups in total. The lowest BCUT2D eigenvalue weighted by Gasteiger charge is -2.12. The van der Waals surface area contributed by atoms with Crippen molar-refractivity contribution in [1.29, 1.82) is 0 Å². The first-order valence-electron chi connectivity index (χ1n) is 9.94. The van der Waals surface area contributed by atoms with E-state index in [1.165, 1.54) is 0 Å². The van der Waals surface area contributed by atoms with Gasteiger partial charge in [0.05, 0.1) is 12.3 Å². The van der Waals surface area contributed by atoms with E-state index < -0.39 is 11.9 Å². The summed E-state index contributed by atoms with van der Waals surface area (Å²) in [6.45, 7) is 0.517. The van der Waals surface area contributed by atoms with Crippen molar-refractivity contribution in [2.45, 2.75) is 70.6 Å². The third-order valence-electron chi connectivity index (χ3n) is 4.25.